The monoisotopic (exact) mass is 352 g/mol. The first-order valence-corrected chi connectivity index (χ1v) is 9.39. The Kier molecular flexibility index (Phi) is 5.45. The largest absolute Gasteiger partial charge is 0.323 e. The molecule has 0 bridgehead atoms. The molecule has 0 aromatic heterocycles. The van der Waals surface area contributed by atoms with Gasteiger partial charge in [0, 0.05) is 11.3 Å². The van der Waals surface area contributed by atoms with Crippen molar-refractivity contribution in [2.45, 2.75) is 52.9 Å². The molecule has 0 fully saturated rings. The molecule has 2 nitrogen and oxygen atoms in total. The first kappa shape index (κ1) is 18.6. The molecule has 1 aromatic carbocycles. The van der Waals surface area contributed by atoms with Crippen molar-refractivity contribution in [3.8, 4) is 0 Å². The fraction of sp³-hybridized carbons (Fsp3) is 0.391. The molecular formula is C23H27FNO. The van der Waals surface area contributed by atoms with Gasteiger partial charge >= 0.3 is 0 Å². The fourth-order valence-corrected chi connectivity index (χ4v) is 3.54. The van der Waals surface area contributed by atoms with Crippen LogP contribution >= 0.6 is 0 Å². The lowest BCUT2D eigenvalue weighted by molar-refractivity contribution is -0.116. The molecule has 3 rings (SSSR count). The van der Waals surface area contributed by atoms with Crippen molar-refractivity contribution in [3.63, 3.8) is 0 Å². The fourth-order valence-electron chi connectivity index (χ4n) is 3.54. The summed E-state index contributed by atoms with van der Waals surface area (Å²) in [5.41, 5.74) is 5.02. The van der Waals surface area contributed by atoms with Crippen molar-refractivity contribution in [2.75, 3.05) is 0 Å². The van der Waals surface area contributed by atoms with Crippen molar-refractivity contribution < 1.29 is 9.18 Å². The van der Waals surface area contributed by atoms with E-state index in [-0.39, 0.29) is 17.1 Å². The smallest absolute Gasteiger partial charge is 0.251 e. The van der Waals surface area contributed by atoms with Gasteiger partial charge < -0.3 is 5.32 Å². The summed E-state index contributed by atoms with van der Waals surface area (Å²) < 4.78 is 13.2. The number of benzene rings is 1. The quantitative estimate of drug-likeness (QED) is 0.739. The lowest BCUT2D eigenvalue weighted by Crippen LogP contribution is -2.27. The molecule has 0 spiro atoms. The summed E-state index contributed by atoms with van der Waals surface area (Å²) in [6.07, 6.45) is 10.9. The van der Waals surface area contributed by atoms with Crippen molar-refractivity contribution in [1.29, 1.82) is 0 Å². The van der Waals surface area contributed by atoms with Gasteiger partial charge in [0.2, 0.25) is 0 Å². The van der Waals surface area contributed by atoms with Crippen LogP contribution in [0.2, 0.25) is 0 Å². The number of hydrogen-bond donors (Lipinski definition) is 1. The number of nitrogens with one attached hydrogen (secondary N) is 1. The van der Waals surface area contributed by atoms with Gasteiger partial charge in [0.1, 0.15) is 5.82 Å². The van der Waals surface area contributed by atoms with E-state index in [2.05, 4.69) is 38.6 Å². The van der Waals surface area contributed by atoms with Crippen molar-refractivity contribution in [1.82, 2.24) is 5.32 Å². The van der Waals surface area contributed by atoms with Crippen LogP contribution in [0.25, 0.3) is 5.57 Å². The summed E-state index contributed by atoms with van der Waals surface area (Å²) in [5, 5.41) is 3.10. The number of hydrogen-bond acceptors (Lipinski definition) is 1. The second-order valence-electron chi connectivity index (χ2n) is 8.07. The van der Waals surface area contributed by atoms with Crippen LogP contribution < -0.4 is 5.32 Å². The van der Waals surface area contributed by atoms with Gasteiger partial charge in [0.25, 0.3) is 5.91 Å². The molecule has 1 amide bonds. The Morgan fingerprint density at radius 2 is 1.77 bits per heavy atom. The van der Waals surface area contributed by atoms with E-state index in [9.17, 15) is 9.18 Å². The van der Waals surface area contributed by atoms with Crippen LogP contribution in [0, 0.1) is 17.7 Å². The summed E-state index contributed by atoms with van der Waals surface area (Å²) in [7, 11) is 0. The number of carbonyl (C=O) groups excluding carboxylic acids is 1. The zero-order chi connectivity index (χ0) is 18.7. The molecule has 0 heterocycles. The average molecular weight is 352 g/mol. The van der Waals surface area contributed by atoms with Gasteiger partial charge in [-0.2, -0.15) is 0 Å². The highest BCUT2D eigenvalue weighted by Gasteiger charge is 2.23. The van der Waals surface area contributed by atoms with Gasteiger partial charge in [-0.3, -0.25) is 4.79 Å². The Morgan fingerprint density at radius 3 is 2.46 bits per heavy atom. The zero-order valence-corrected chi connectivity index (χ0v) is 15.9. The normalized spacial score (nSPS) is 18.3. The molecule has 2 aliphatic rings. The van der Waals surface area contributed by atoms with Crippen molar-refractivity contribution in [3.05, 3.63) is 71.1 Å². The minimum atomic E-state index is -0.250. The van der Waals surface area contributed by atoms with Gasteiger partial charge in [0.15, 0.2) is 0 Å². The lowest BCUT2D eigenvalue weighted by Gasteiger charge is -2.26. The van der Waals surface area contributed by atoms with Gasteiger partial charge in [-0.25, -0.2) is 4.39 Å². The van der Waals surface area contributed by atoms with Crippen LogP contribution in [0.3, 0.4) is 0 Å². The number of carbonyl (C=O) groups is 1. The summed E-state index contributed by atoms with van der Waals surface area (Å²) in [6.45, 7) is 6.53. The third kappa shape index (κ3) is 4.32. The van der Waals surface area contributed by atoms with Crippen LogP contribution in [-0.4, -0.2) is 5.91 Å². The van der Waals surface area contributed by atoms with E-state index in [1.54, 1.807) is 12.1 Å². The summed E-state index contributed by atoms with van der Waals surface area (Å²) >= 11 is 0. The van der Waals surface area contributed by atoms with Crippen LogP contribution in [-0.2, 0) is 4.79 Å². The van der Waals surface area contributed by atoms with E-state index >= 15 is 0 Å². The van der Waals surface area contributed by atoms with Crippen LogP contribution in [0.4, 0.5) is 4.39 Å². The van der Waals surface area contributed by atoms with E-state index in [1.807, 2.05) is 6.08 Å². The predicted molar refractivity (Wildman–Crippen MR) is 104 cm³/mol. The van der Waals surface area contributed by atoms with E-state index in [0.717, 1.165) is 54.5 Å². The maximum Gasteiger partial charge on any atom is 0.251 e. The molecule has 3 heteroatoms. The third-order valence-corrected chi connectivity index (χ3v) is 5.05. The summed E-state index contributed by atoms with van der Waals surface area (Å²) in [4.78, 5) is 12.9. The highest BCUT2D eigenvalue weighted by Crippen LogP contribution is 2.34. The van der Waals surface area contributed by atoms with Gasteiger partial charge in [0.05, 0.1) is 0 Å². The third-order valence-electron chi connectivity index (χ3n) is 5.05. The molecule has 0 atom stereocenters. The van der Waals surface area contributed by atoms with Gasteiger partial charge in [-0.15, -0.1) is 0 Å². The zero-order valence-electron chi connectivity index (χ0n) is 15.9. The predicted octanol–water partition coefficient (Wildman–Crippen LogP) is 5.73. The van der Waals surface area contributed by atoms with E-state index in [4.69, 9.17) is 0 Å². The molecule has 1 radical (unpaired) electrons. The average Bonchev–Trinajstić information content (AvgIpc) is 2.62. The molecule has 0 aliphatic heterocycles. The van der Waals surface area contributed by atoms with Gasteiger partial charge in [-0.1, -0.05) is 44.6 Å². The molecule has 26 heavy (non-hydrogen) atoms. The van der Waals surface area contributed by atoms with Crippen molar-refractivity contribution in [2.24, 2.45) is 5.41 Å². The van der Waals surface area contributed by atoms with Crippen LogP contribution in [0.15, 0.2) is 53.3 Å². The summed E-state index contributed by atoms with van der Waals surface area (Å²) in [5.74, 6) is -0.277. The highest BCUT2D eigenvalue weighted by atomic mass is 19.1. The van der Waals surface area contributed by atoms with Crippen LogP contribution in [0.5, 0.6) is 0 Å². The summed E-state index contributed by atoms with van der Waals surface area (Å²) in [6, 6.07) is 6.47. The second kappa shape index (κ2) is 7.61. The highest BCUT2D eigenvalue weighted by molar-refractivity contribution is 6.02. The topological polar surface area (TPSA) is 29.1 Å². The SMILES string of the molecule is CC(C)(C)C1=CC(NC(=O)C2=C(c3ccc(F)cc3)CCCC2)=CC[CH]1. The van der Waals surface area contributed by atoms with E-state index < -0.39 is 0 Å². The Hall–Kier alpha value is -2.16. The Balaban J connectivity index is 1.84. The lowest BCUT2D eigenvalue weighted by atomic mass is 9.81. The molecule has 137 valence electrons. The minimum Gasteiger partial charge on any atom is -0.323 e. The first-order chi connectivity index (χ1) is 12.3. The van der Waals surface area contributed by atoms with E-state index in [1.165, 1.54) is 17.7 Å². The Bertz CT molecular complexity index is 775. The minimum absolute atomic E-state index is 0.0262. The van der Waals surface area contributed by atoms with Crippen molar-refractivity contribution >= 4 is 11.5 Å². The molecule has 0 saturated heterocycles. The standard InChI is InChI=1S/C23H27FNO/c1-23(2,3)17-7-6-8-19(15-17)25-22(26)21-10-5-4-9-20(21)16-11-13-18(24)14-12-16/h7-8,11-15H,4-6,9-10H2,1-3H3,(H,25,26). The molecule has 0 unspecified atom stereocenters. The Morgan fingerprint density at radius 1 is 1.08 bits per heavy atom. The number of allylic oxidation sites excluding steroid dienone is 4. The number of halogens is 1. The number of amides is 1. The van der Waals surface area contributed by atoms with Crippen LogP contribution in [0.1, 0.15) is 58.4 Å². The number of rotatable bonds is 3. The molecule has 1 N–H and O–H groups in total. The first-order valence-electron chi connectivity index (χ1n) is 9.39. The second-order valence-corrected chi connectivity index (χ2v) is 8.07. The molecule has 1 aromatic rings. The molecular weight excluding hydrogens is 325 g/mol. The molecule has 2 aliphatic carbocycles. The van der Waals surface area contributed by atoms with Gasteiger partial charge in [-0.05, 0) is 73.3 Å². The maximum atomic E-state index is 13.2. The Labute approximate surface area is 155 Å². The maximum absolute atomic E-state index is 13.2. The molecule has 0 saturated carbocycles. The van der Waals surface area contributed by atoms with E-state index in [0.29, 0.717) is 0 Å².